The third-order valence-corrected chi connectivity index (χ3v) is 4.94. The zero-order valence-corrected chi connectivity index (χ0v) is 12.0. The summed E-state index contributed by atoms with van der Waals surface area (Å²) < 4.78 is 1.84. The van der Waals surface area contributed by atoms with Crippen LogP contribution in [0.1, 0.15) is 50.1 Å². The van der Waals surface area contributed by atoms with E-state index in [0.717, 1.165) is 18.5 Å². The Morgan fingerprint density at radius 2 is 2.11 bits per heavy atom. The number of nitrogens with zero attached hydrogens (tertiary/aromatic N) is 3. The summed E-state index contributed by atoms with van der Waals surface area (Å²) in [5, 5.41) is 4.23. The Kier molecular flexibility index (Phi) is 3.89. The van der Waals surface area contributed by atoms with Crippen LogP contribution in [0, 0.1) is 5.92 Å². The summed E-state index contributed by atoms with van der Waals surface area (Å²) in [6.45, 7) is 2.22. The summed E-state index contributed by atoms with van der Waals surface area (Å²) in [6.07, 6.45) is 12.4. The van der Waals surface area contributed by atoms with Crippen LogP contribution in [0.2, 0.25) is 0 Å². The molecule has 2 aliphatic rings. The van der Waals surface area contributed by atoms with Crippen molar-refractivity contribution in [1.82, 2.24) is 14.7 Å². The van der Waals surface area contributed by atoms with Crippen LogP contribution in [0.5, 0.6) is 0 Å². The fraction of sp³-hybridized carbons (Fsp3) is 0.800. The molecular weight excluding hydrogens is 236 g/mol. The highest BCUT2D eigenvalue weighted by Gasteiger charge is 2.33. The number of likely N-dealkylation sites (tertiary alicyclic amines) is 1. The molecule has 4 heteroatoms. The molecule has 3 unspecified atom stereocenters. The molecule has 0 bridgehead atoms. The molecule has 2 heterocycles. The Bertz CT molecular complexity index is 412. The summed E-state index contributed by atoms with van der Waals surface area (Å²) >= 11 is 0. The Morgan fingerprint density at radius 1 is 1.32 bits per heavy atom. The summed E-state index contributed by atoms with van der Waals surface area (Å²) in [6, 6.07) is 0.902. The van der Waals surface area contributed by atoms with Crippen molar-refractivity contribution in [1.29, 1.82) is 0 Å². The maximum atomic E-state index is 6.37. The lowest BCUT2D eigenvalue weighted by atomic mass is 9.78. The maximum Gasteiger partial charge on any atom is 0.0537 e. The topological polar surface area (TPSA) is 47.1 Å². The first kappa shape index (κ1) is 13.1. The second-order valence-corrected chi connectivity index (χ2v) is 6.30. The van der Waals surface area contributed by atoms with Crippen molar-refractivity contribution < 1.29 is 0 Å². The molecule has 1 aliphatic carbocycles. The zero-order valence-electron chi connectivity index (χ0n) is 12.0. The SMILES string of the molecule is Cn1cc(C(N)CN2CCCC3CCCCC32)cn1. The number of rotatable bonds is 3. The minimum Gasteiger partial charge on any atom is -0.323 e. The molecule has 1 saturated heterocycles. The largest absolute Gasteiger partial charge is 0.323 e. The van der Waals surface area contributed by atoms with E-state index in [1.165, 1.54) is 50.6 Å². The van der Waals surface area contributed by atoms with Crippen molar-refractivity contribution in [2.75, 3.05) is 13.1 Å². The molecule has 1 aromatic rings. The van der Waals surface area contributed by atoms with Crippen LogP contribution in [-0.4, -0.2) is 33.8 Å². The fourth-order valence-corrected chi connectivity index (χ4v) is 3.94. The van der Waals surface area contributed by atoms with Crippen molar-refractivity contribution in [3.63, 3.8) is 0 Å². The van der Waals surface area contributed by atoms with Crippen LogP contribution < -0.4 is 5.73 Å². The first-order valence-corrected chi connectivity index (χ1v) is 7.72. The molecular formula is C15H26N4. The highest BCUT2D eigenvalue weighted by molar-refractivity contribution is 5.10. The van der Waals surface area contributed by atoms with E-state index in [4.69, 9.17) is 5.73 Å². The molecule has 3 atom stereocenters. The molecule has 2 N–H and O–H groups in total. The summed E-state index contributed by atoms with van der Waals surface area (Å²) in [5.74, 6) is 0.934. The van der Waals surface area contributed by atoms with Gasteiger partial charge < -0.3 is 5.73 Å². The van der Waals surface area contributed by atoms with E-state index in [1.54, 1.807) is 0 Å². The van der Waals surface area contributed by atoms with Crippen LogP contribution in [0.15, 0.2) is 12.4 Å². The quantitative estimate of drug-likeness (QED) is 0.907. The highest BCUT2D eigenvalue weighted by Crippen LogP contribution is 2.35. The fourth-order valence-electron chi connectivity index (χ4n) is 3.94. The first-order valence-electron chi connectivity index (χ1n) is 7.72. The number of piperidine rings is 1. The van der Waals surface area contributed by atoms with Gasteiger partial charge in [-0.1, -0.05) is 12.8 Å². The van der Waals surface area contributed by atoms with Gasteiger partial charge in [0.15, 0.2) is 0 Å². The lowest BCUT2D eigenvalue weighted by Crippen LogP contribution is -2.49. The molecule has 106 valence electrons. The normalized spacial score (nSPS) is 30.0. The predicted octanol–water partition coefficient (Wildman–Crippen LogP) is 2.07. The van der Waals surface area contributed by atoms with Crippen molar-refractivity contribution in [3.8, 4) is 0 Å². The zero-order chi connectivity index (χ0) is 13.2. The lowest BCUT2D eigenvalue weighted by Gasteiger charge is -2.45. The van der Waals surface area contributed by atoms with E-state index in [1.807, 2.05) is 24.1 Å². The third-order valence-electron chi connectivity index (χ3n) is 4.94. The van der Waals surface area contributed by atoms with Gasteiger partial charge in [0, 0.05) is 37.4 Å². The van der Waals surface area contributed by atoms with Crippen molar-refractivity contribution in [2.45, 2.75) is 50.6 Å². The van der Waals surface area contributed by atoms with Gasteiger partial charge in [-0.3, -0.25) is 9.58 Å². The van der Waals surface area contributed by atoms with Gasteiger partial charge in [-0.25, -0.2) is 0 Å². The van der Waals surface area contributed by atoms with E-state index >= 15 is 0 Å². The number of nitrogens with two attached hydrogens (primary N) is 1. The Labute approximate surface area is 116 Å². The van der Waals surface area contributed by atoms with Gasteiger partial charge in [-0.15, -0.1) is 0 Å². The van der Waals surface area contributed by atoms with Crippen LogP contribution in [0.25, 0.3) is 0 Å². The van der Waals surface area contributed by atoms with Gasteiger partial charge >= 0.3 is 0 Å². The van der Waals surface area contributed by atoms with Gasteiger partial charge in [0.05, 0.1) is 6.20 Å². The van der Waals surface area contributed by atoms with Crippen molar-refractivity contribution in [2.24, 2.45) is 18.7 Å². The van der Waals surface area contributed by atoms with Gasteiger partial charge in [-0.2, -0.15) is 5.10 Å². The molecule has 3 rings (SSSR count). The van der Waals surface area contributed by atoms with Crippen LogP contribution in [-0.2, 0) is 7.05 Å². The molecule has 0 radical (unpaired) electrons. The number of hydrogen-bond acceptors (Lipinski definition) is 3. The Morgan fingerprint density at radius 3 is 2.89 bits per heavy atom. The number of fused-ring (bicyclic) bond motifs is 1. The van der Waals surface area contributed by atoms with Crippen molar-refractivity contribution >= 4 is 0 Å². The second-order valence-electron chi connectivity index (χ2n) is 6.30. The monoisotopic (exact) mass is 262 g/mol. The molecule has 2 fully saturated rings. The number of aromatic nitrogens is 2. The molecule has 19 heavy (non-hydrogen) atoms. The summed E-state index contributed by atoms with van der Waals surface area (Å²) in [4.78, 5) is 2.66. The number of hydrogen-bond donors (Lipinski definition) is 1. The van der Waals surface area contributed by atoms with E-state index in [-0.39, 0.29) is 6.04 Å². The molecule has 1 saturated carbocycles. The second kappa shape index (κ2) is 5.63. The third kappa shape index (κ3) is 2.84. The van der Waals surface area contributed by atoms with Crippen LogP contribution >= 0.6 is 0 Å². The minimum absolute atomic E-state index is 0.106. The average Bonchev–Trinajstić information content (AvgIpc) is 2.86. The summed E-state index contributed by atoms with van der Waals surface area (Å²) in [7, 11) is 1.95. The smallest absolute Gasteiger partial charge is 0.0537 e. The highest BCUT2D eigenvalue weighted by atomic mass is 15.2. The Balaban J connectivity index is 1.64. The van der Waals surface area contributed by atoms with Gasteiger partial charge in [0.25, 0.3) is 0 Å². The molecule has 4 nitrogen and oxygen atoms in total. The van der Waals surface area contributed by atoms with Crippen molar-refractivity contribution in [3.05, 3.63) is 18.0 Å². The molecule has 0 amide bonds. The number of aryl methyl sites for hydroxylation is 1. The molecule has 1 aromatic heterocycles. The lowest BCUT2D eigenvalue weighted by molar-refractivity contribution is 0.0561. The van der Waals surface area contributed by atoms with E-state index < -0.39 is 0 Å². The molecule has 0 aromatic carbocycles. The van der Waals surface area contributed by atoms with E-state index in [2.05, 4.69) is 10.00 Å². The van der Waals surface area contributed by atoms with E-state index in [0.29, 0.717) is 0 Å². The maximum absolute atomic E-state index is 6.37. The van der Waals surface area contributed by atoms with Gasteiger partial charge in [-0.05, 0) is 38.1 Å². The van der Waals surface area contributed by atoms with Crippen LogP contribution in [0.3, 0.4) is 0 Å². The molecule has 1 aliphatic heterocycles. The van der Waals surface area contributed by atoms with Gasteiger partial charge in [0.2, 0.25) is 0 Å². The van der Waals surface area contributed by atoms with Gasteiger partial charge in [0.1, 0.15) is 0 Å². The standard InChI is InChI=1S/C15H26N4/c1-18-10-13(9-17-18)14(16)11-19-8-4-6-12-5-2-3-7-15(12)19/h9-10,12,14-15H,2-8,11,16H2,1H3. The van der Waals surface area contributed by atoms with E-state index in [9.17, 15) is 0 Å². The summed E-state index contributed by atoms with van der Waals surface area (Å²) in [5.41, 5.74) is 7.53. The molecule has 0 spiro atoms. The predicted molar refractivity (Wildman–Crippen MR) is 76.7 cm³/mol. The average molecular weight is 262 g/mol. The first-order chi connectivity index (χ1) is 9.24. The Hall–Kier alpha value is -0.870. The van der Waals surface area contributed by atoms with Crippen LogP contribution in [0.4, 0.5) is 0 Å². The minimum atomic E-state index is 0.106.